The Morgan fingerprint density at radius 1 is 0.829 bits per heavy atom. The van der Waals surface area contributed by atoms with Gasteiger partial charge in [0.05, 0.1) is 26.4 Å². The molecule has 1 aromatic carbocycles. The van der Waals surface area contributed by atoms with Crippen molar-refractivity contribution in [3.63, 3.8) is 0 Å². The summed E-state index contributed by atoms with van der Waals surface area (Å²) in [7, 11) is 0. The molecule has 1 atom stereocenters. The van der Waals surface area contributed by atoms with Gasteiger partial charge in [-0.05, 0) is 62.3 Å². The second kappa shape index (κ2) is 22.7. The first-order valence-corrected chi connectivity index (χ1v) is 15.6. The first-order valence-electron chi connectivity index (χ1n) is 15.6. The fourth-order valence-corrected chi connectivity index (χ4v) is 4.19. The van der Waals surface area contributed by atoms with Gasteiger partial charge in [0, 0.05) is 25.3 Å². The van der Waals surface area contributed by atoms with Crippen LogP contribution >= 0.6 is 0 Å². The maximum atomic E-state index is 12.0. The Labute approximate surface area is 248 Å². The van der Waals surface area contributed by atoms with Crippen LogP contribution in [0.1, 0.15) is 84.6 Å². The van der Waals surface area contributed by atoms with Crippen LogP contribution in [0.25, 0.3) is 0 Å². The standard InChI is InChI=1S/C31H57N5O5/c1-5-9-19-38-30(39-20-10-6-2,31(36-26-37,40-21-11-7-3)41-22-12-8-4)35-25-28(24-34-18-17-32)23-27-13-15-29(33)16-14-27/h13-16,28,34-35H,5-12,17-25,32-33H2,1-4H3. The molecule has 0 aliphatic carbocycles. The van der Waals surface area contributed by atoms with Crippen molar-refractivity contribution in [1.82, 2.24) is 10.6 Å². The Kier molecular flexibility index (Phi) is 20.6. The Morgan fingerprint density at radius 2 is 1.34 bits per heavy atom. The number of hydrogen-bond acceptors (Lipinski definition) is 10. The third-order valence-corrected chi connectivity index (χ3v) is 6.69. The number of benzene rings is 1. The van der Waals surface area contributed by atoms with Gasteiger partial charge in [0.2, 0.25) is 6.08 Å². The molecule has 0 saturated heterocycles. The summed E-state index contributed by atoms with van der Waals surface area (Å²) >= 11 is 0. The molecule has 1 rings (SSSR count). The minimum Gasteiger partial charge on any atom is -0.399 e. The molecule has 0 spiro atoms. The van der Waals surface area contributed by atoms with E-state index in [4.69, 9.17) is 30.4 Å². The average molecular weight is 580 g/mol. The molecular formula is C31H57N5O5. The highest BCUT2D eigenvalue weighted by Gasteiger charge is 2.59. The van der Waals surface area contributed by atoms with E-state index in [0.29, 0.717) is 52.6 Å². The van der Waals surface area contributed by atoms with E-state index in [1.54, 1.807) is 6.08 Å². The van der Waals surface area contributed by atoms with Crippen LogP contribution in [-0.4, -0.2) is 70.5 Å². The maximum absolute atomic E-state index is 12.0. The largest absolute Gasteiger partial charge is 0.399 e. The van der Waals surface area contributed by atoms with Crippen molar-refractivity contribution in [3.05, 3.63) is 29.8 Å². The summed E-state index contributed by atoms with van der Waals surface area (Å²) in [6.45, 7) is 12.1. The third kappa shape index (κ3) is 13.8. The number of carbonyl (C=O) groups excluding carboxylic acids is 1. The number of isocyanates is 1. The number of nitrogens with two attached hydrogens (primary N) is 2. The lowest BCUT2D eigenvalue weighted by Gasteiger charge is -2.45. The molecule has 10 nitrogen and oxygen atoms in total. The summed E-state index contributed by atoms with van der Waals surface area (Å²) in [5, 5.41) is 6.96. The normalized spacial score (nSPS) is 12.8. The number of anilines is 1. The van der Waals surface area contributed by atoms with Crippen LogP contribution in [-0.2, 0) is 30.2 Å². The predicted octanol–water partition coefficient (Wildman–Crippen LogP) is 4.48. The lowest BCUT2D eigenvalue weighted by atomic mass is 9.98. The lowest BCUT2D eigenvalue weighted by molar-refractivity contribution is -0.420. The van der Waals surface area contributed by atoms with Crippen molar-refractivity contribution in [1.29, 1.82) is 0 Å². The molecule has 0 radical (unpaired) electrons. The minimum absolute atomic E-state index is 0.110. The van der Waals surface area contributed by atoms with Crippen molar-refractivity contribution in [3.8, 4) is 0 Å². The molecule has 0 saturated carbocycles. The number of nitrogens with zero attached hydrogens (tertiary/aromatic N) is 1. The Bertz CT molecular complexity index is 800. The number of hydrogen-bond donors (Lipinski definition) is 4. The monoisotopic (exact) mass is 579 g/mol. The third-order valence-electron chi connectivity index (χ3n) is 6.69. The van der Waals surface area contributed by atoms with E-state index in [-0.39, 0.29) is 5.92 Å². The van der Waals surface area contributed by atoms with Gasteiger partial charge in [0.15, 0.2) is 0 Å². The molecule has 6 N–H and O–H groups in total. The van der Waals surface area contributed by atoms with Crippen LogP contribution < -0.4 is 22.1 Å². The Balaban J connectivity index is 3.52. The summed E-state index contributed by atoms with van der Waals surface area (Å²) in [5.41, 5.74) is 13.6. The Hall–Kier alpha value is -1.88. The zero-order valence-electron chi connectivity index (χ0n) is 26.1. The number of rotatable bonds is 27. The van der Waals surface area contributed by atoms with Gasteiger partial charge in [-0.25, -0.2) is 4.79 Å². The molecule has 0 aliphatic heterocycles. The molecule has 0 aliphatic rings. The molecule has 10 heteroatoms. The molecule has 1 unspecified atom stereocenters. The highest BCUT2D eigenvalue weighted by molar-refractivity contribution is 5.39. The molecule has 1 aromatic rings. The van der Waals surface area contributed by atoms with E-state index >= 15 is 0 Å². The lowest BCUT2D eigenvalue weighted by Crippen LogP contribution is -2.69. The molecule has 0 bridgehead atoms. The van der Waals surface area contributed by atoms with E-state index in [0.717, 1.165) is 69.0 Å². The number of ether oxygens (including phenoxy) is 4. The summed E-state index contributed by atoms with van der Waals surface area (Å²) < 4.78 is 25.7. The molecular weight excluding hydrogens is 522 g/mol. The van der Waals surface area contributed by atoms with E-state index in [9.17, 15) is 4.79 Å². The highest BCUT2D eigenvalue weighted by atomic mass is 16.8. The van der Waals surface area contributed by atoms with Gasteiger partial charge in [-0.1, -0.05) is 65.5 Å². The van der Waals surface area contributed by atoms with Crippen LogP contribution in [0.4, 0.5) is 5.69 Å². The van der Waals surface area contributed by atoms with Gasteiger partial charge in [0.25, 0.3) is 0 Å². The van der Waals surface area contributed by atoms with Crippen LogP contribution in [0.15, 0.2) is 29.3 Å². The van der Waals surface area contributed by atoms with Crippen LogP contribution in [0.2, 0.25) is 0 Å². The molecule has 41 heavy (non-hydrogen) atoms. The average Bonchev–Trinajstić information content (AvgIpc) is 2.97. The Morgan fingerprint density at radius 3 is 1.80 bits per heavy atom. The quantitative estimate of drug-likeness (QED) is 0.0390. The van der Waals surface area contributed by atoms with E-state index in [1.165, 1.54) is 0 Å². The van der Waals surface area contributed by atoms with Crippen molar-refractivity contribution in [2.24, 2.45) is 16.6 Å². The first kappa shape index (κ1) is 37.1. The molecule has 0 amide bonds. The maximum Gasteiger partial charge on any atom is 0.353 e. The zero-order valence-corrected chi connectivity index (χ0v) is 26.1. The number of aliphatic imine (C=N–C) groups is 1. The molecule has 236 valence electrons. The summed E-state index contributed by atoms with van der Waals surface area (Å²) in [6.07, 6.45) is 9.23. The van der Waals surface area contributed by atoms with Crippen molar-refractivity contribution >= 4 is 11.8 Å². The van der Waals surface area contributed by atoms with Crippen LogP contribution in [0, 0.1) is 5.92 Å². The van der Waals surface area contributed by atoms with E-state index in [2.05, 4.69) is 43.3 Å². The van der Waals surface area contributed by atoms with E-state index in [1.807, 2.05) is 24.3 Å². The van der Waals surface area contributed by atoms with Gasteiger partial charge in [-0.2, -0.15) is 0 Å². The SMILES string of the molecule is CCCCOC(N=C=O)(OCCCC)C(NCC(CNCCN)Cc1ccc(N)cc1)(OCCCC)OCCCC. The van der Waals surface area contributed by atoms with Gasteiger partial charge in [-0.3, -0.25) is 5.32 Å². The molecule has 0 fully saturated rings. The van der Waals surface area contributed by atoms with Crippen molar-refractivity contribution in [2.45, 2.75) is 97.3 Å². The number of unbranched alkanes of at least 4 members (excludes halogenated alkanes) is 4. The second-order valence-corrected chi connectivity index (χ2v) is 10.4. The number of nitrogen functional groups attached to an aromatic ring is 1. The van der Waals surface area contributed by atoms with Gasteiger partial charge >= 0.3 is 11.8 Å². The smallest absolute Gasteiger partial charge is 0.353 e. The minimum atomic E-state index is -1.86. The highest BCUT2D eigenvalue weighted by Crippen LogP contribution is 2.34. The van der Waals surface area contributed by atoms with E-state index < -0.39 is 11.8 Å². The van der Waals surface area contributed by atoms with Gasteiger partial charge in [0.1, 0.15) is 0 Å². The molecule has 0 heterocycles. The first-order chi connectivity index (χ1) is 20.0. The second-order valence-electron chi connectivity index (χ2n) is 10.4. The fraction of sp³-hybridized carbons (Fsp3) is 0.774. The zero-order chi connectivity index (χ0) is 30.2. The van der Waals surface area contributed by atoms with Crippen LogP contribution in [0.5, 0.6) is 0 Å². The van der Waals surface area contributed by atoms with Crippen molar-refractivity contribution < 1.29 is 23.7 Å². The van der Waals surface area contributed by atoms with Gasteiger partial charge in [-0.15, -0.1) is 4.99 Å². The van der Waals surface area contributed by atoms with Crippen LogP contribution in [0.3, 0.4) is 0 Å². The van der Waals surface area contributed by atoms with Gasteiger partial charge < -0.3 is 35.7 Å². The molecule has 0 aromatic heterocycles. The van der Waals surface area contributed by atoms with Crippen molar-refractivity contribution in [2.75, 3.05) is 58.3 Å². The fourth-order valence-electron chi connectivity index (χ4n) is 4.19. The summed E-state index contributed by atoms with van der Waals surface area (Å²) in [5.74, 6) is -3.42. The summed E-state index contributed by atoms with van der Waals surface area (Å²) in [4.78, 5) is 16.1. The topological polar surface area (TPSA) is 142 Å². The summed E-state index contributed by atoms with van der Waals surface area (Å²) in [6, 6.07) is 7.89. The predicted molar refractivity (Wildman–Crippen MR) is 165 cm³/mol. The number of nitrogens with one attached hydrogen (secondary N) is 2.